The van der Waals surface area contributed by atoms with Gasteiger partial charge in [0.25, 0.3) is 0 Å². The third-order valence-electron chi connectivity index (χ3n) is 3.64. The van der Waals surface area contributed by atoms with E-state index in [1.807, 2.05) is 16.7 Å². The van der Waals surface area contributed by atoms with Gasteiger partial charge in [-0.25, -0.2) is 4.39 Å². The fourth-order valence-electron chi connectivity index (χ4n) is 2.31. The number of halogens is 3. The van der Waals surface area contributed by atoms with Crippen LogP contribution in [0.2, 0.25) is 5.02 Å². The summed E-state index contributed by atoms with van der Waals surface area (Å²) in [6, 6.07) is 12.2. The lowest BCUT2D eigenvalue weighted by molar-refractivity contribution is 0.289. The standard InChI is InChI=1S/C19H16BrClFN3OS/c1-2-9-25-18(11-26-17-8-7-15(22)10-16(17)21)23-24-19(25)27-12-13-3-5-14(20)6-4-13/h2-8,10H,1,9,11-12H2. The number of benzene rings is 2. The lowest BCUT2D eigenvalue weighted by Gasteiger charge is -2.10. The fraction of sp³-hybridized carbons (Fsp3) is 0.158. The molecule has 3 rings (SSSR count). The molecule has 2 aromatic carbocycles. The van der Waals surface area contributed by atoms with Crippen LogP contribution in [0.3, 0.4) is 0 Å². The first-order valence-corrected chi connectivity index (χ1v) is 10.2. The van der Waals surface area contributed by atoms with E-state index in [2.05, 4.69) is 44.8 Å². The van der Waals surface area contributed by atoms with Crippen LogP contribution >= 0.6 is 39.3 Å². The van der Waals surface area contributed by atoms with Gasteiger partial charge in [-0.2, -0.15) is 0 Å². The minimum atomic E-state index is -0.409. The van der Waals surface area contributed by atoms with Crippen molar-refractivity contribution in [1.82, 2.24) is 14.8 Å². The Balaban J connectivity index is 1.70. The SMILES string of the molecule is C=CCn1c(COc2ccc(F)cc2Cl)nnc1SCc1ccc(Br)cc1. The van der Waals surface area contributed by atoms with Gasteiger partial charge in [-0.15, -0.1) is 16.8 Å². The zero-order chi connectivity index (χ0) is 19.2. The minimum absolute atomic E-state index is 0.172. The predicted molar refractivity (Wildman–Crippen MR) is 110 cm³/mol. The van der Waals surface area contributed by atoms with E-state index in [0.717, 1.165) is 15.4 Å². The monoisotopic (exact) mass is 467 g/mol. The van der Waals surface area contributed by atoms with E-state index in [1.54, 1.807) is 17.8 Å². The van der Waals surface area contributed by atoms with E-state index in [4.69, 9.17) is 16.3 Å². The topological polar surface area (TPSA) is 39.9 Å². The van der Waals surface area contributed by atoms with Crippen LogP contribution in [0.15, 0.2) is 64.7 Å². The molecular formula is C19H16BrClFN3OS. The molecule has 0 aliphatic carbocycles. The Morgan fingerprint density at radius 2 is 2.00 bits per heavy atom. The molecule has 140 valence electrons. The Labute approximate surface area is 174 Å². The summed E-state index contributed by atoms with van der Waals surface area (Å²) in [4.78, 5) is 0. The van der Waals surface area contributed by atoms with Gasteiger partial charge in [0.15, 0.2) is 11.0 Å². The van der Waals surface area contributed by atoms with E-state index in [-0.39, 0.29) is 11.6 Å². The van der Waals surface area contributed by atoms with Crippen LogP contribution in [0.1, 0.15) is 11.4 Å². The van der Waals surface area contributed by atoms with E-state index in [0.29, 0.717) is 18.1 Å². The first kappa shape index (κ1) is 19.9. The van der Waals surface area contributed by atoms with Crippen molar-refractivity contribution in [2.45, 2.75) is 24.1 Å². The smallest absolute Gasteiger partial charge is 0.191 e. The average molecular weight is 469 g/mol. The second-order valence-electron chi connectivity index (χ2n) is 5.58. The minimum Gasteiger partial charge on any atom is -0.484 e. The van der Waals surface area contributed by atoms with Gasteiger partial charge in [-0.1, -0.05) is 57.5 Å². The van der Waals surface area contributed by atoms with Crippen LogP contribution in [-0.2, 0) is 18.9 Å². The number of hydrogen-bond donors (Lipinski definition) is 0. The van der Waals surface area contributed by atoms with Crippen LogP contribution in [0.25, 0.3) is 0 Å². The van der Waals surface area contributed by atoms with Gasteiger partial charge < -0.3 is 4.74 Å². The Morgan fingerprint density at radius 3 is 2.70 bits per heavy atom. The summed E-state index contributed by atoms with van der Waals surface area (Å²) < 4.78 is 21.8. The third kappa shape index (κ3) is 5.34. The molecule has 0 saturated heterocycles. The van der Waals surface area contributed by atoms with Crippen molar-refractivity contribution in [3.63, 3.8) is 0 Å². The molecule has 0 fully saturated rings. The highest BCUT2D eigenvalue weighted by Gasteiger charge is 2.13. The maximum absolute atomic E-state index is 13.1. The highest BCUT2D eigenvalue weighted by atomic mass is 79.9. The number of thioether (sulfide) groups is 1. The first-order valence-electron chi connectivity index (χ1n) is 8.05. The van der Waals surface area contributed by atoms with Crippen molar-refractivity contribution in [2.75, 3.05) is 0 Å². The molecule has 0 radical (unpaired) electrons. The van der Waals surface area contributed by atoms with Gasteiger partial charge >= 0.3 is 0 Å². The number of allylic oxidation sites excluding steroid dienone is 1. The number of nitrogens with zero attached hydrogens (tertiary/aromatic N) is 3. The molecule has 0 amide bonds. The third-order valence-corrected chi connectivity index (χ3v) is 5.50. The van der Waals surface area contributed by atoms with Crippen molar-refractivity contribution in [3.8, 4) is 5.75 Å². The molecule has 1 heterocycles. The normalized spacial score (nSPS) is 10.8. The molecule has 0 bridgehead atoms. The number of rotatable bonds is 8. The van der Waals surface area contributed by atoms with Crippen LogP contribution in [0.4, 0.5) is 4.39 Å². The van der Waals surface area contributed by atoms with Crippen molar-refractivity contribution < 1.29 is 9.13 Å². The summed E-state index contributed by atoms with van der Waals surface area (Å²) in [5, 5.41) is 9.48. The van der Waals surface area contributed by atoms with Gasteiger partial charge in [0.1, 0.15) is 18.2 Å². The van der Waals surface area contributed by atoms with Gasteiger partial charge in [0.05, 0.1) is 5.02 Å². The molecule has 0 unspecified atom stereocenters. The summed E-state index contributed by atoms with van der Waals surface area (Å²) in [5.41, 5.74) is 1.19. The summed E-state index contributed by atoms with van der Waals surface area (Å²) in [7, 11) is 0. The summed E-state index contributed by atoms with van der Waals surface area (Å²) in [5.74, 6) is 1.41. The molecule has 27 heavy (non-hydrogen) atoms. The molecule has 1 aromatic heterocycles. The zero-order valence-electron chi connectivity index (χ0n) is 14.2. The number of ether oxygens (including phenoxy) is 1. The highest BCUT2D eigenvalue weighted by Crippen LogP contribution is 2.27. The Bertz CT molecular complexity index is 933. The lowest BCUT2D eigenvalue weighted by Crippen LogP contribution is -2.07. The van der Waals surface area contributed by atoms with E-state index in [1.165, 1.54) is 23.8 Å². The van der Waals surface area contributed by atoms with Crippen molar-refractivity contribution >= 4 is 39.3 Å². The highest BCUT2D eigenvalue weighted by molar-refractivity contribution is 9.10. The maximum Gasteiger partial charge on any atom is 0.191 e. The van der Waals surface area contributed by atoms with E-state index >= 15 is 0 Å². The Morgan fingerprint density at radius 1 is 1.22 bits per heavy atom. The number of aromatic nitrogens is 3. The molecule has 0 aliphatic rings. The average Bonchev–Trinajstić information content (AvgIpc) is 3.03. The van der Waals surface area contributed by atoms with Crippen LogP contribution in [0, 0.1) is 5.82 Å². The van der Waals surface area contributed by atoms with Crippen LogP contribution < -0.4 is 4.74 Å². The predicted octanol–water partition coefficient (Wildman–Crippen LogP) is 5.89. The lowest BCUT2D eigenvalue weighted by atomic mass is 10.2. The second kappa shape index (κ2) is 9.39. The maximum atomic E-state index is 13.1. The van der Waals surface area contributed by atoms with Crippen molar-refractivity contribution in [2.24, 2.45) is 0 Å². The summed E-state index contributed by atoms with van der Waals surface area (Å²) in [6.07, 6.45) is 1.78. The van der Waals surface area contributed by atoms with Gasteiger partial charge in [0.2, 0.25) is 0 Å². The van der Waals surface area contributed by atoms with Crippen molar-refractivity contribution in [3.05, 3.63) is 81.8 Å². The molecule has 4 nitrogen and oxygen atoms in total. The van der Waals surface area contributed by atoms with Gasteiger partial charge in [0, 0.05) is 16.8 Å². The van der Waals surface area contributed by atoms with Gasteiger partial charge in [-0.3, -0.25) is 4.57 Å². The molecule has 3 aromatic rings. The summed E-state index contributed by atoms with van der Waals surface area (Å²) >= 11 is 11.0. The van der Waals surface area contributed by atoms with E-state index in [9.17, 15) is 4.39 Å². The van der Waals surface area contributed by atoms with E-state index < -0.39 is 5.82 Å². The Kier molecular flexibility index (Phi) is 6.93. The first-order chi connectivity index (χ1) is 13.1. The molecule has 0 aliphatic heterocycles. The molecule has 0 saturated carbocycles. The molecule has 0 N–H and O–H groups in total. The molecule has 8 heteroatoms. The summed E-state index contributed by atoms with van der Waals surface area (Å²) in [6.45, 7) is 4.53. The fourth-order valence-corrected chi connectivity index (χ4v) is 3.72. The molecule has 0 spiro atoms. The quantitative estimate of drug-likeness (QED) is 0.305. The van der Waals surface area contributed by atoms with Crippen molar-refractivity contribution in [1.29, 1.82) is 0 Å². The Hall–Kier alpha value is -1.83. The molecule has 0 atom stereocenters. The van der Waals surface area contributed by atoms with Crippen LogP contribution in [0.5, 0.6) is 5.75 Å². The zero-order valence-corrected chi connectivity index (χ0v) is 17.4. The molecular weight excluding hydrogens is 453 g/mol. The van der Waals surface area contributed by atoms with Crippen LogP contribution in [-0.4, -0.2) is 14.8 Å². The largest absolute Gasteiger partial charge is 0.484 e. The second-order valence-corrected chi connectivity index (χ2v) is 7.84. The van der Waals surface area contributed by atoms with Gasteiger partial charge in [-0.05, 0) is 35.9 Å². The number of hydrogen-bond acceptors (Lipinski definition) is 4.